The summed E-state index contributed by atoms with van der Waals surface area (Å²) in [5.74, 6) is -0.733. The molecule has 1 heterocycles. The number of hydrogen-bond acceptors (Lipinski definition) is 6. The van der Waals surface area contributed by atoms with Crippen molar-refractivity contribution in [2.45, 2.75) is 18.4 Å². The molecule has 0 unspecified atom stereocenters. The SMILES string of the molecule is Cc1ccc(C(=O)N(C)Cc2ccc(F)cc2)c(NS(=O)(=O)c2cccc3nsnc23)c1. The van der Waals surface area contributed by atoms with Gasteiger partial charge < -0.3 is 4.90 Å². The molecule has 0 saturated heterocycles. The third kappa shape index (κ3) is 4.46. The lowest BCUT2D eigenvalue weighted by Crippen LogP contribution is -2.27. The molecule has 1 aromatic heterocycles. The average Bonchev–Trinajstić information content (AvgIpc) is 3.23. The minimum absolute atomic E-state index is 0.0108. The summed E-state index contributed by atoms with van der Waals surface area (Å²) in [6.07, 6.45) is 0. The number of benzene rings is 3. The standard InChI is InChI=1S/C22H19FN4O3S2/c1-14-6-11-17(22(28)27(2)13-15-7-9-16(23)10-8-15)19(12-14)26-32(29,30)20-5-3-4-18-21(20)25-31-24-18/h3-12,26H,13H2,1-2H3. The number of aryl methyl sites for hydroxylation is 1. The Balaban J connectivity index is 1.65. The highest BCUT2D eigenvalue weighted by molar-refractivity contribution is 7.93. The van der Waals surface area contributed by atoms with Crippen LogP contribution in [0.15, 0.2) is 65.6 Å². The smallest absolute Gasteiger partial charge is 0.264 e. The highest BCUT2D eigenvalue weighted by Gasteiger charge is 2.23. The third-order valence-electron chi connectivity index (χ3n) is 4.87. The van der Waals surface area contributed by atoms with E-state index in [1.54, 1.807) is 56.4 Å². The molecule has 0 aliphatic heterocycles. The first-order valence-electron chi connectivity index (χ1n) is 9.59. The topological polar surface area (TPSA) is 92.3 Å². The average molecular weight is 471 g/mol. The van der Waals surface area contributed by atoms with Crippen molar-refractivity contribution in [1.82, 2.24) is 13.6 Å². The molecule has 0 spiro atoms. The van der Waals surface area contributed by atoms with Gasteiger partial charge in [-0.15, -0.1) is 0 Å². The molecule has 0 aliphatic carbocycles. The van der Waals surface area contributed by atoms with E-state index in [1.807, 2.05) is 0 Å². The summed E-state index contributed by atoms with van der Waals surface area (Å²) in [5, 5.41) is 0. The number of carbonyl (C=O) groups is 1. The number of rotatable bonds is 6. The van der Waals surface area contributed by atoms with Gasteiger partial charge in [-0.2, -0.15) is 8.75 Å². The van der Waals surface area contributed by atoms with Crippen LogP contribution in [-0.2, 0) is 16.6 Å². The van der Waals surface area contributed by atoms with E-state index in [1.165, 1.54) is 23.1 Å². The Kier molecular flexibility index (Phi) is 5.90. The minimum atomic E-state index is -4.03. The van der Waals surface area contributed by atoms with E-state index < -0.39 is 10.0 Å². The van der Waals surface area contributed by atoms with Crippen molar-refractivity contribution < 1.29 is 17.6 Å². The van der Waals surface area contributed by atoms with Crippen molar-refractivity contribution >= 4 is 44.4 Å². The number of carbonyl (C=O) groups excluding carboxylic acids is 1. The van der Waals surface area contributed by atoms with E-state index in [0.717, 1.165) is 22.9 Å². The number of sulfonamides is 1. The summed E-state index contributed by atoms with van der Waals surface area (Å²) >= 11 is 0.929. The Morgan fingerprint density at radius 2 is 1.84 bits per heavy atom. The van der Waals surface area contributed by atoms with E-state index in [0.29, 0.717) is 5.52 Å². The van der Waals surface area contributed by atoms with E-state index in [4.69, 9.17) is 0 Å². The molecule has 0 saturated carbocycles. The first-order chi connectivity index (χ1) is 15.2. The van der Waals surface area contributed by atoms with Gasteiger partial charge in [0.1, 0.15) is 21.7 Å². The maximum absolute atomic E-state index is 13.2. The Bertz CT molecular complexity index is 1400. The van der Waals surface area contributed by atoms with Gasteiger partial charge in [-0.3, -0.25) is 9.52 Å². The predicted octanol–water partition coefficient (Wildman–Crippen LogP) is 4.21. The second-order valence-corrected chi connectivity index (χ2v) is 9.51. The van der Waals surface area contributed by atoms with Gasteiger partial charge in [0.05, 0.1) is 23.0 Å². The highest BCUT2D eigenvalue weighted by atomic mass is 32.2. The molecule has 0 fully saturated rings. The molecule has 4 rings (SSSR count). The fourth-order valence-electron chi connectivity index (χ4n) is 3.27. The van der Waals surface area contributed by atoms with E-state index >= 15 is 0 Å². The van der Waals surface area contributed by atoms with Gasteiger partial charge in [0.15, 0.2) is 0 Å². The zero-order valence-corrected chi connectivity index (χ0v) is 18.9. The Morgan fingerprint density at radius 1 is 1.09 bits per heavy atom. The van der Waals surface area contributed by atoms with Crippen molar-refractivity contribution in [3.05, 3.63) is 83.2 Å². The molecule has 0 bridgehead atoms. The number of halogens is 1. The number of anilines is 1. The molecular formula is C22H19FN4O3S2. The number of aromatic nitrogens is 2. The van der Waals surface area contributed by atoms with Crippen LogP contribution in [0.2, 0.25) is 0 Å². The van der Waals surface area contributed by atoms with Crippen LogP contribution in [-0.4, -0.2) is 35.0 Å². The summed E-state index contributed by atoms with van der Waals surface area (Å²) in [7, 11) is -2.43. The van der Waals surface area contributed by atoms with Crippen molar-refractivity contribution in [2.75, 3.05) is 11.8 Å². The van der Waals surface area contributed by atoms with E-state index in [2.05, 4.69) is 13.5 Å². The van der Waals surface area contributed by atoms with Gasteiger partial charge in [-0.25, -0.2) is 12.8 Å². The molecule has 7 nitrogen and oxygen atoms in total. The second kappa shape index (κ2) is 8.64. The molecule has 0 atom stereocenters. The molecule has 0 aliphatic rings. The van der Waals surface area contributed by atoms with Gasteiger partial charge in [-0.05, 0) is 54.4 Å². The number of hydrogen-bond donors (Lipinski definition) is 1. The van der Waals surface area contributed by atoms with Crippen LogP contribution >= 0.6 is 11.7 Å². The quantitative estimate of drug-likeness (QED) is 0.456. The molecule has 3 aromatic carbocycles. The van der Waals surface area contributed by atoms with Crippen molar-refractivity contribution in [3.8, 4) is 0 Å². The summed E-state index contributed by atoms with van der Waals surface area (Å²) in [6, 6.07) is 15.5. The van der Waals surface area contributed by atoms with Gasteiger partial charge in [0, 0.05) is 13.6 Å². The molecule has 10 heteroatoms. The maximum Gasteiger partial charge on any atom is 0.264 e. The molecule has 1 N–H and O–H groups in total. The third-order valence-corrected chi connectivity index (χ3v) is 6.81. The normalized spacial score (nSPS) is 11.5. The monoisotopic (exact) mass is 470 g/mol. The van der Waals surface area contributed by atoms with Crippen molar-refractivity contribution in [2.24, 2.45) is 0 Å². The lowest BCUT2D eigenvalue weighted by atomic mass is 10.1. The number of amides is 1. The molecule has 0 radical (unpaired) electrons. The van der Waals surface area contributed by atoms with Crippen LogP contribution in [0.5, 0.6) is 0 Å². The summed E-state index contributed by atoms with van der Waals surface area (Å²) in [5.41, 5.74) is 2.66. The lowest BCUT2D eigenvalue weighted by Gasteiger charge is -2.20. The zero-order valence-electron chi connectivity index (χ0n) is 17.2. The van der Waals surface area contributed by atoms with Crippen LogP contribution in [0.1, 0.15) is 21.5 Å². The van der Waals surface area contributed by atoms with Gasteiger partial charge in [-0.1, -0.05) is 24.3 Å². The second-order valence-electron chi connectivity index (χ2n) is 7.33. The van der Waals surface area contributed by atoms with Gasteiger partial charge in [0.25, 0.3) is 15.9 Å². The minimum Gasteiger partial charge on any atom is -0.337 e. The fraction of sp³-hybridized carbons (Fsp3) is 0.136. The van der Waals surface area contributed by atoms with Crippen LogP contribution in [0, 0.1) is 12.7 Å². The highest BCUT2D eigenvalue weighted by Crippen LogP contribution is 2.27. The number of fused-ring (bicyclic) bond motifs is 1. The Morgan fingerprint density at radius 3 is 2.59 bits per heavy atom. The van der Waals surface area contributed by atoms with Crippen LogP contribution in [0.3, 0.4) is 0 Å². The first-order valence-corrected chi connectivity index (χ1v) is 11.8. The van der Waals surface area contributed by atoms with Crippen LogP contribution in [0.25, 0.3) is 11.0 Å². The molecular weight excluding hydrogens is 451 g/mol. The maximum atomic E-state index is 13.2. The molecule has 164 valence electrons. The lowest BCUT2D eigenvalue weighted by molar-refractivity contribution is 0.0786. The first kappa shape index (κ1) is 21.8. The summed E-state index contributed by atoms with van der Waals surface area (Å²) in [6.45, 7) is 2.04. The summed E-state index contributed by atoms with van der Waals surface area (Å²) in [4.78, 5) is 14.6. The van der Waals surface area contributed by atoms with Crippen LogP contribution in [0.4, 0.5) is 10.1 Å². The predicted molar refractivity (Wildman–Crippen MR) is 122 cm³/mol. The molecule has 32 heavy (non-hydrogen) atoms. The van der Waals surface area contributed by atoms with Crippen molar-refractivity contribution in [3.63, 3.8) is 0 Å². The number of nitrogens with zero attached hydrogens (tertiary/aromatic N) is 3. The van der Waals surface area contributed by atoms with Crippen molar-refractivity contribution in [1.29, 1.82) is 0 Å². The molecule has 4 aromatic rings. The Labute approximate surface area is 188 Å². The van der Waals surface area contributed by atoms with E-state index in [9.17, 15) is 17.6 Å². The van der Waals surface area contributed by atoms with E-state index in [-0.39, 0.29) is 39.9 Å². The largest absolute Gasteiger partial charge is 0.337 e. The van der Waals surface area contributed by atoms with Crippen LogP contribution < -0.4 is 4.72 Å². The zero-order chi connectivity index (χ0) is 22.9. The molecule has 1 amide bonds. The number of nitrogens with one attached hydrogen (secondary N) is 1. The van der Waals surface area contributed by atoms with Gasteiger partial charge in [0.2, 0.25) is 0 Å². The summed E-state index contributed by atoms with van der Waals surface area (Å²) < 4.78 is 50.2. The fourth-order valence-corrected chi connectivity index (χ4v) is 5.11. The Hall–Kier alpha value is -3.37. The van der Waals surface area contributed by atoms with Gasteiger partial charge >= 0.3 is 0 Å².